The Labute approximate surface area is 118 Å². The third-order valence-electron chi connectivity index (χ3n) is 2.63. The summed E-state index contributed by atoms with van der Waals surface area (Å²) in [5, 5.41) is 13.9. The third kappa shape index (κ3) is 3.52. The fraction of sp³-hybridized carbons (Fsp3) is 0.455. The van der Waals surface area contributed by atoms with Crippen molar-refractivity contribution in [1.29, 1.82) is 0 Å². The van der Waals surface area contributed by atoms with Crippen LogP contribution in [0, 0.1) is 25.4 Å². The summed E-state index contributed by atoms with van der Waals surface area (Å²) in [6.07, 6.45) is 0. The summed E-state index contributed by atoms with van der Waals surface area (Å²) in [5.41, 5.74) is 5.62. The number of hydrogen-bond acceptors (Lipinski definition) is 4. The molecule has 1 rings (SSSR count). The van der Waals surface area contributed by atoms with Crippen molar-refractivity contribution in [2.24, 2.45) is 11.7 Å². The summed E-state index contributed by atoms with van der Waals surface area (Å²) in [6, 6.07) is 2.22. The van der Waals surface area contributed by atoms with Crippen LogP contribution in [0.2, 0.25) is 0 Å². The molecule has 0 saturated heterocycles. The topological polar surface area (TPSA) is 81.2 Å². The fourth-order valence-corrected chi connectivity index (χ4v) is 1.95. The number of nitrogens with zero attached hydrogens (tertiary/aromatic N) is 1. The van der Waals surface area contributed by atoms with E-state index in [0.29, 0.717) is 6.54 Å². The molecule has 0 fully saturated rings. The molecule has 3 N–H and O–H groups in total. The molecule has 0 aliphatic heterocycles. The number of rotatable bonds is 5. The molecule has 18 heavy (non-hydrogen) atoms. The molecule has 0 radical (unpaired) electrons. The number of nitrogens with one attached hydrogen (secondary N) is 1. The van der Waals surface area contributed by atoms with Gasteiger partial charge in [-0.2, -0.15) is 0 Å². The number of nitrogens with two attached hydrogens (primary N) is 1. The quantitative estimate of drug-likeness (QED) is 0.476. The zero-order chi connectivity index (χ0) is 13.9. The molecule has 0 bridgehead atoms. The highest BCUT2D eigenvalue weighted by atomic mass is 127. The van der Waals surface area contributed by atoms with Gasteiger partial charge in [0.2, 0.25) is 0 Å². The van der Waals surface area contributed by atoms with Crippen molar-refractivity contribution in [2.45, 2.75) is 19.9 Å². The van der Waals surface area contributed by atoms with Gasteiger partial charge in [-0.3, -0.25) is 10.1 Å². The molecule has 0 saturated carbocycles. The number of hydrogen-bond donors (Lipinski definition) is 2. The van der Waals surface area contributed by atoms with Crippen LogP contribution in [0.1, 0.15) is 13.8 Å². The van der Waals surface area contributed by atoms with Crippen LogP contribution in [0.25, 0.3) is 0 Å². The first kappa shape index (κ1) is 15.1. The smallest absolute Gasteiger partial charge is 0.293 e. The maximum atomic E-state index is 13.5. The highest BCUT2D eigenvalue weighted by molar-refractivity contribution is 14.1. The van der Waals surface area contributed by atoms with Gasteiger partial charge >= 0.3 is 0 Å². The fourth-order valence-electron chi connectivity index (χ4n) is 1.50. The Balaban J connectivity index is 3.14. The number of benzene rings is 1. The molecule has 1 atom stereocenters. The van der Waals surface area contributed by atoms with Gasteiger partial charge in [0.15, 0.2) is 0 Å². The van der Waals surface area contributed by atoms with Crippen molar-refractivity contribution >= 4 is 34.0 Å². The second-order valence-corrected chi connectivity index (χ2v) is 5.43. The van der Waals surface area contributed by atoms with Crippen LogP contribution in [-0.2, 0) is 0 Å². The summed E-state index contributed by atoms with van der Waals surface area (Å²) in [4.78, 5) is 10.4. The largest absolute Gasteiger partial charge is 0.375 e. The van der Waals surface area contributed by atoms with Crippen LogP contribution in [0.3, 0.4) is 0 Å². The van der Waals surface area contributed by atoms with Crippen LogP contribution in [-0.4, -0.2) is 17.5 Å². The molecule has 100 valence electrons. The van der Waals surface area contributed by atoms with E-state index >= 15 is 0 Å². The predicted molar refractivity (Wildman–Crippen MR) is 77.1 cm³/mol. The van der Waals surface area contributed by atoms with Gasteiger partial charge in [-0.05, 0) is 28.5 Å². The Bertz CT molecular complexity index is 454. The Kier molecular flexibility index (Phi) is 5.27. The molecule has 0 spiro atoms. The minimum atomic E-state index is -0.530. The standard InChI is InChI=1S/C11H15FIN3O2/c1-6(2)10(5-14)15-9-3-7(12)8(13)4-11(9)16(17)18/h3-4,6,10,15H,5,14H2,1-2H3. The maximum Gasteiger partial charge on any atom is 0.293 e. The number of nitro groups is 1. The molecule has 1 aromatic carbocycles. The second kappa shape index (κ2) is 6.28. The van der Waals surface area contributed by atoms with Crippen molar-refractivity contribution in [1.82, 2.24) is 0 Å². The average Bonchev–Trinajstić information content (AvgIpc) is 2.29. The minimum absolute atomic E-state index is 0.136. The summed E-state index contributed by atoms with van der Waals surface area (Å²) in [6.45, 7) is 4.21. The van der Waals surface area contributed by atoms with Gasteiger partial charge in [-0.15, -0.1) is 0 Å². The number of nitro benzene ring substituents is 1. The normalized spacial score (nSPS) is 12.6. The molecule has 0 amide bonds. The lowest BCUT2D eigenvalue weighted by Gasteiger charge is -2.21. The van der Waals surface area contributed by atoms with Crippen LogP contribution < -0.4 is 11.1 Å². The van der Waals surface area contributed by atoms with E-state index in [1.54, 1.807) is 22.6 Å². The first-order chi connectivity index (χ1) is 8.36. The van der Waals surface area contributed by atoms with E-state index < -0.39 is 10.7 Å². The van der Waals surface area contributed by atoms with E-state index in [-0.39, 0.29) is 26.9 Å². The van der Waals surface area contributed by atoms with Crippen LogP contribution >= 0.6 is 22.6 Å². The molecular formula is C11H15FIN3O2. The maximum absolute atomic E-state index is 13.5. The SMILES string of the molecule is CC(C)C(CN)Nc1cc(F)c(I)cc1[N+](=O)[O-]. The van der Waals surface area contributed by atoms with Gasteiger partial charge in [0, 0.05) is 24.7 Å². The van der Waals surface area contributed by atoms with Crippen molar-refractivity contribution in [3.05, 3.63) is 31.6 Å². The first-order valence-corrected chi connectivity index (χ1v) is 6.54. The summed E-state index contributed by atoms with van der Waals surface area (Å²) >= 11 is 1.72. The molecule has 0 aliphatic rings. The van der Waals surface area contributed by atoms with Gasteiger partial charge in [0.05, 0.1) is 8.49 Å². The van der Waals surface area contributed by atoms with Gasteiger partial charge in [-0.1, -0.05) is 13.8 Å². The Morgan fingerprint density at radius 3 is 2.61 bits per heavy atom. The zero-order valence-corrected chi connectivity index (χ0v) is 12.3. The molecule has 1 aromatic rings. The highest BCUT2D eigenvalue weighted by Crippen LogP contribution is 2.29. The van der Waals surface area contributed by atoms with Crippen molar-refractivity contribution in [3.63, 3.8) is 0 Å². The predicted octanol–water partition coefficient (Wildman–Crippen LogP) is 2.73. The van der Waals surface area contributed by atoms with E-state index in [1.807, 2.05) is 13.8 Å². The Morgan fingerprint density at radius 2 is 2.17 bits per heavy atom. The van der Waals surface area contributed by atoms with E-state index in [9.17, 15) is 14.5 Å². The number of anilines is 1. The second-order valence-electron chi connectivity index (χ2n) is 4.27. The van der Waals surface area contributed by atoms with E-state index in [0.717, 1.165) is 6.07 Å². The lowest BCUT2D eigenvalue weighted by Crippen LogP contribution is -2.34. The van der Waals surface area contributed by atoms with E-state index in [2.05, 4.69) is 5.32 Å². The van der Waals surface area contributed by atoms with Crippen LogP contribution in [0.15, 0.2) is 12.1 Å². The van der Waals surface area contributed by atoms with E-state index in [4.69, 9.17) is 5.73 Å². The van der Waals surface area contributed by atoms with Crippen molar-refractivity contribution in [2.75, 3.05) is 11.9 Å². The van der Waals surface area contributed by atoms with Crippen LogP contribution in [0.5, 0.6) is 0 Å². The lowest BCUT2D eigenvalue weighted by molar-refractivity contribution is -0.384. The molecule has 7 heteroatoms. The van der Waals surface area contributed by atoms with Crippen LogP contribution in [0.4, 0.5) is 15.8 Å². The summed E-state index contributed by atoms with van der Waals surface area (Å²) < 4.78 is 13.7. The van der Waals surface area contributed by atoms with Gasteiger partial charge in [0.25, 0.3) is 5.69 Å². The van der Waals surface area contributed by atoms with E-state index in [1.165, 1.54) is 6.07 Å². The van der Waals surface area contributed by atoms with Crippen molar-refractivity contribution in [3.8, 4) is 0 Å². The monoisotopic (exact) mass is 367 g/mol. The minimum Gasteiger partial charge on any atom is -0.375 e. The summed E-state index contributed by atoms with van der Waals surface area (Å²) in [7, 11) is 0. The zero-order valence-electron chi connectivity index (χ0n) is 10.1. The third-order valence-corrected chi connectivity index (χ3v) is 3.46. The van der Waals surface area contributed by atoms with Crippen molar-refractivity contribution < 1.29 is 9.31 Å². The molecule has 5 nitrogen and oxygen atoms in total. The average molecular weight is 367 g/mol. The highest BCUT2D eigenvalue weighted by Gasteiger charge is 2.21. The van der Waals surface area contributed by atoms with Gasteiger partial charge in [-0.25, -0.2) is 4.39 Å². The molecular weight excluding hydrogens is 352 g/mol. The molecule has 0 heterocycles. The molecule has 1 unspecified atom stereocenters. The number of halogens is 2. The molecule has 0 aromatic heterocycles. The summed E-state index contributed by atoms with van der Waals surface area (Å²) in [5.74, 6) is -0.292. The Hall–Kier alpha value is -0.960. The first-order valence-electron chi connectivity index (χ1n) is 5.46. The Morgan fingerprint density at radius 1 is 1.56 bits per heavy atom. The lowest BCUT2D eigenvalue weighted by atomic mass is 10.0. The van der Waals surface area contributed by atoms with Gasteiger partial charge < -0.3 is 11.1 Å². The molecule has 0 aliphatic carbocycles. The van der Waals surface area contributed by atoms with Gasteiger partial charge in [0.1, 0.15) is 11.5 Å².